The lowest BCUT2D eigenvalue weighted by Crippen LogP contribution is -2.32. The van der Waals surface area contributed by atoms with Gasteiger partial charge < -0.3 is 10.2 Å². The fraction of sp³-hybridized carbons (Fsp3) is 0.136. The Morgan fingerprint density at radius 3 is 2.32 bits per heavy atom. The average Bonchev–Trinajstić information content (AvgIpc) is 2.69. The fourth-order valence-electron chi connectivity index (χ4n) is 2.56. The van der Waals surface area contributed by atoms with E-state index < -0.39 is 11.5 Å². The Hall–Kier alpha value is -3.67. The van der Waals surface area contributed by atoms with Crippen LogP contribution in [-0.2, 0) is 6.61 Å². The van der Waals surface area contributed by atoms with Gasteiger partial charge in [0.2, 0.25) is 0 Å². The maximum Gasteiger partial charge on any atom is 0.295 e. The summed E-state index contributed by atoms with van der Waals surface area (Å²) in [5, 5.41) is 2.65. The lowest BCUT2D eigenvalue weighted by molar-refractivity contribution is 0.0863. The fourth-order valence-corrected chi connectivity index (χ4v) is 2.56. The SMILES string of the molecule is CC(=O)c1ccc(NC(=O)c2cccn(OCc3ccc(C)cc3)c2=O)cc1. The Balaban J connectivity index is 1.72. The van der Waals surface area contributed by atoms with Crippen molar-refractivity contribution in [3.05, 3.63) is 99.5 Å². The number of hydrogen-bond acceptors (Lipinski definition) is 4. The minimum absolute atomic E-state index is 0.0398. The topological polar surface area (TPSA) is 77.4 Å². The van der Waals surface area contributed by atoms with Gasteiger partial charge in [-0.1, -0.05) is 29.8 Å². The lowest BCUT2D eigenvalue weighted by atomic mass is 10.1. The number of nitrogens with zero attached hydrogens (tertiary/aromatic N) is 1. The highest BCUT2D eigenvalue weighted by Crippen LogP contribution is 2.11. The van der Waals surface area contributed by atoms with E-state index in [2.05, 4.69) is 5.32 Å². The molecule has 0 saturated heterocycles. The number of aryl methyl sites for hydroxylation is 1. The van der Waals surface area contributed by atoms with Gasteiger partial charge in [0.1, 0.15) is 12.2 Å². The zero-order valence-electron chi connectivity index (χ0n) is 15.6. The molecule has 0 aliphatic heterocycles. The molecule has 6 heteroatoms. The van der Waals surface area contributed by atoms with Gasteiger partial charge in [0.25, 0.3) is 11.5 Å². The van der Waals surface area contributed by atoms with E-state index in [0.29, 0.717) is 11.3 Å². The second-order valence-electron chi connectivity index (χ2n) is 6.40. The molecule has 0 aliphatic rings. The van der Waals surface area contributed by atoms with Crippen molar-refractivity contribution in [3.8, 4) is 0 Å². The molecule has 1 amide bonds. The van der Waals surface area contributed by atoms with Crippen LogP contribution in [0.1, 0.15) is 38.8 Å². The Morgan fingerprint density at radius 2 is 1.68 bits per heavy atom. The molecule has 0 fully saturated rings. The second-order valence-corrected chi connectivity index (χ2v) is 6.40. The van der Waals surface area contributed by atoms with Crippen LogP contribution in [-0.4, -0.2) is 16.4 Å². The molecular weight excluding hydrogens is 356 g/mol. The molecule has 1 N–H and O–H groups in total. The standard InChI is InChI=1S/C22H20N2O4/c1-15-5-7-17(8-6-15)14-28-24-13-3-4-20(22(24)27)21(26)23-19-11-9-18(10-12-19)16(2)25/h3-13H,14H2,1-2H3,(H,23,26). The number of pyridine rings is 1. The van der Waals surface area contributed by atoms with Gasteiger partial charge in [-0.25, -0.2) is 0 Å². The number of carbonyl (C=O) groups excluding carboxylic acids is 2. The van der Waals surface area contributed by atoms with E-state index in [9.17, 15) is 14.4 Å². The summed E-state index contributed by atoms with van der Waals surface area (Å²) in [4.78, 5) is 41.9. The molecule has 0 spiro atoms. The van der Waals surface area contributed by atoms with Crippen molar-refractivity contribution in [2.45, 2.75) is 20.5 Å². The van der Waals surface area contributed by atoms with Crippen molar-refractivity contribution in [3.63, 3.8) is 0 Å². The van der Waals surface area contributed by atoms with Gasteiger partial charge in [0.15, 0.2) is 5.78 Å². The third-order valence-electron chi connectivity index (χ3n) is 4.20. The summed E-state index contributed by atoms with van der Waals surface area (Å²) >= 11 is 0. The predicted octanol–water partition coefficient (Wildman–Crippen LogP) is 3.24. The quantitative estimate of drug-likeness (QED) is 0.670. The van der Waals surface area contributed by atoms with E-state index in [0.717, 1.165) is 15.9 Å². The summed E-state index contributed by atoms with van der Waals surface area (Å²) in [6, 6.07) is 17.2. The molecule has 28 heavy (non-hydrogen) atoms. The monoisotopic (exact) mass is 376 g/mol. The van der Waals surface area contributed by atoms with Gasteiger partial charge in [-0.15, -0.1) is 0 Å². The van der Waals surface area contributed by atoms with Crippen molar-refractivity contribution in [1.82, 2.24) is 4.73 Å². The number of carbonyl (C=O) groups is 2. The summed E-state index contributed by atoms with van der Waals surface area (Å²) in [6.45, 7) is 3.67. The zero-order valence-corrected chi connectivity index (χ0v) is 15.6. The maximum atomic E-state index is 12.6. The van der Waals surface area contributed by atoms with E-state index in [1.165, 1.54) is 19.2 Å². The van der Waals surface area contributed by atoms with Crippen molar-refractivity contribution < 1.29 is 14.4 Å². The number of rotatable bonds is 6. The predicted molar refractivity (Wildman–Crippen MR) is 107 cm³/mol. The first-order valence-corrected chi connectivity index (χ1v) is 8.77. The number of amides is 1. The Labute approximate surface area is 162 Å². The van der Waals surface area contributed by atoms with Crippen LogP contribution in [0.25, 0.3) is 0 Å². The van der Waals surface area contributed by atoms with Crippen LogP contribution >= 0.6 is 0 Å². The molecule has 1 heterocycles. The third kappa shape index (κ3) is 4.54. The number of aromatic nitrogens is 1. The van der Waals surface area contributed by atoms with Crippen LogP contribution < -0.4 is 15.7 Å². The van der Waals surface area contributed by atoms with Gasteiger partial charge in [-0.3, -0.25) is 14.4 Å². The van der Waals surface area contributed by atoms with Crippen molar-refractivity contribution in [2.24, 2.45) is 0 Å². The average molecular weight is 376 g/mol. The van der Waals surface area contributed by atoms with Crippen LogP contribution in [0, 0.1) is 6.92 Å². The highest BCUT2D eigenvalue weighted by molar-refractivity contribution is 6.04. The number of benzene rings is 2. The molecule has 2 aromatic carbocycles. The second kappa shape index (κ2) is 8.35. The maximum absolute atomic E-state index is 12.6. The number of Topliss-reactive ketones (excluding diaryl/α,β-unsaturated/α-hetero) is 1. The molecule has 3 rings (SSSR count). The molecule has 0 atom stereocenters. The number of nitrogens with one attached hydrogen (secondary N) is 1. The first kappa shape index (κ1) is 19.1. The van der Waals surface area contributed by atoms with Gasteiger partial charge in [0.05, 0.1) is 0 Å². The van der Waals surface area contributed by atoms with Crippen LogP contribution in [0.3, 0.4) is 0 Å². The number of ketones is 1. The molecule has 0 aliphatic carbocycles. The van der Waals surface area contributed by atoms with Gasteiger partial charge in [-0.2, -0.15) is 4.73 Å². The van der Waals surface area contributed by atoms with Crippen LogP contribution in [0.15, 0.2) is 71.7 Å². The first-order chi connectivity index (χ1) is 13.4. The number of anilines is 1. The Bertz CT molecular complexity index is 1050. The number of hydrogen-bond donors (Lipinski definition) is 1. The van der Waals surface area contributed by atoms with E-state index in [-0.39, 0.29) is 18.0 Å². The molecule has 0 bridgehead atoms. The van der Waals surface area contributed by atoms with Gasteiger partial charge in [0, 0.05) is 17.4 Å². The lowest BCUT2D eigenvalue weighted by Gasteiger charge is -2.10. The smallest absolute Gasteiger partial charge is 0.295 e. The first-order valence-electron chi connectivity index (χ1n) is 8.77. The zero-order chi connectivity index (χ0) is 20.1. The van der Waals surface area contributed by atoms with E-state index in [1.54, 1.807) is 30.3 Å². The van der Waals surface area contributed by atoms with E-state index in [4.69, 9.17) is 4.84 Å². The van der Waals surface area contributed by atoms with Crippen molar-refractivity contribution in [1.29, 1.82) is 0 Å². The Kier molecular flexibility index (Phi) is 5.69. The van der Waals surface area contributed by atoms with Crippen molar-refractivity contribution in [2.75, 3.05) is 5.32 Å². The normalized spacial score (nSPS) is 10.4. The molecule has 3 aromatic rings. The van der Waals surface area contributed by atoms with Crippen LogP contribution in [0.2, 0.25) is 0 Å². The van der Waals surface area contributed by atoms with Gasteiger partial charge in [-0.05, 0) is 55.8 Å². The molecule has 0 unspecified atom stereocenters. The molecule has 0 radical (unpaired) electrons. The van der Waals surface area contributed by atoms with E-state index >= 15 is 0 Å². The third-order valence-corrected chi connectivity index (χ3v) is 4.20. The summed E-state index contributed by atoms with van der Waals surface area (Å²) in [7, 11) is 0. The summed E-state index contributed by atoms with van der Waals surface area (Å²) in [5.74, 6) is -0.608. The summed E-state index contributed by atoms with van der Waals surface area (Å²) in [6.07, 6.45) is 1.47. The minimum Gasteiger partial charge on any atom is -0.406 e. The molecule has 1 aromatic heterocycles. The van der Waals surface area contributed by atoms with Crippen LogP contribution in [0.4, 0.5) is 5.69 Å². The highest BCUT2D eigenvalue weighted by atomic mass is 16.7. The highest BCUT2D eigenvalue weighted by Gasteiger charge is 2.13. The Morgan fingerprint density at radius 1 is 1.00 bits per heavy atom. The van der Waals surface area contributed by atoms with E-state index in [1.807, 2.05) is 31.2 Å². The molecule has 6 nitrogen and oxygen atoms in total. The minimum atomic E-state index is -0.549. The summed E-state index contributed by atoms with van der Waals surface area (Å²) < 4.78 is 1.05. The van der Waals surface area contributed by atoms with Crippen molar-refractivity contribution >= 4 is 17.4 Å². The summed E-state index contributed by atoms with van der Waals surface area (Å²) in [5.41, 5.74) is 2.50. The van der Waals surface area contributed by atoms with Gasteiger partial charge >= 0.3 is 0 Å². The molecule has 0 saturated carbocycles. The van der Waals surface area contributed by atoms with Crippen LogP contribution in [0.5, 0.6) is 0 Å². The molecule has 142 valence electrons. The molecular formula is C22H20N2O4. The largest absolute Gasteiger partial charge is 0.406 e.